The molecule has 0 radical (unpaired) electrons. The summed E-state index contributed by atoms with van der Waals surface area (Å²) in [5.74, 6) is -0.324. The first kappa shape index (κ1) is 23.1. The molecular formula is C19H26ClFN6O4S. The van der Waals surface area contributed by atoms with Gasteiger partial charge in [-0.15, -0.1) is 0 Å². The van der Waals surface area contributed by atoms with Crippen molar-refractivity contribution in [1.29, 1.82) is 0 Å². The second-order valence-electron chi connectivity index (χ2n) is 8.80. The molecule has 10 nitrogen and oxygen atoms in total. The molecule has 0 bridgehead atoms. The number of ether oxygens (including phenoxy) is 2. The number of fused-ring (bicyclic) bond motifs is 1. The van der Waals surface area contributed by atoms with E-state index in [1.54, 1.807) is 24.1 Å². The van der Waals surface area contributed by atoms with E-state index in [1.807, 2.05) is 0 Å². The predicted molar refractivity (Wildman–Crippen MR) is 118 cm³/mol. The summed E-state index contributed by atoms with van der Waals surface area (Å²) in [6.07, 6.45) is 4.13. The summed E-state index contributed by atoms with van der Waals surface area (Å²) in [5.41, 5.74) is -1.06. The average Bonchev–Trinajstić information content (AvgIpc) is 3.35. The van der Waals surface area contributed by atoms with Crippen LogP contribution in [0.1, 0.15) is 13.8 Å². The minimum absolute atomic E-state index is 0.179. The van der Waals surface area contributed by atoms with Crippen molar-refractivity contribution in [3.8, 4) is 0 Å². The molecule has 4 atom stereocenters. The van der Waals surface area contributed by atoms with Gasteiger partial charge in [-0.3, -0.25) is 4.68 Å². The average molecular weight is 489 g/mol. The molecule has 0 spiro atoms. The lowest BCUT2D eigenvalue weighted by Crippen LogP contribution is -2.37. The molecule has 2 unspecified atom stereocenters. The standard InChI is InChI=1S/C19H26ClFN6O4S/c1-19(2,21)10-32(28,29)9-11-7-30-16-14(8-31-15(11)16)25-17-13(20)5-22-18(26-17)24-12-4-23-27(3)6-12/h4-6,11,14-16H,7-10H2,1-3H3,(H2,22,24,25,26)/t11-,14-,15?,16?/m1/s1. The number of aromatic nitrogens is 4. The van der Waals surface area contributed by atoms with Crippen molar-refractivity contribution < 1.29 is 22.3 Å². The normalized spacial score (nSPS) is 25.7. The highest BCUT2D eigenvalue weighted by molar-refractivity contribution is 7.91. The lowest BCUT2D eigenvalue weighted by molar-refractivity contribution is 0.0656. The van der Waals surface area contributed by atoms with E-state index in [0.717, 1.165) is 5.69 Å². The Kier molecular flexibility index (Phi) is 6.31. The predicted octanol–water partition coefficient (Wildman–Crippen LogP) is 1.96. The molecule has 2 N–H and O–H groups in total. The van der Waals surface area contributed by atoms with E-state index in [1.165, 1.54) is 20.0 Å². The van der Waals surface area contributed by atoms with E-state index < -0.39 is 27.4 Å². The largest absolute Gasteiger partial charge is 0.373 e. The Morgan fingerprint density at radius 3 is 2.72 bits per heavy atom. The van der Waals surface area contributed by atoms with Gasteiger partial charge >= 0.3 is 0 Å². The van der Waals surface area contributed by atoms with Gasteiger partial charge in [0, 0.05) is 19.2 Å². The highest BCUT2D eigenvalue weighted by atomic mass is 35.5. The first-order chi connectivity index (χ1) is 15.0. The molecule has 2 aliphatic rings. The van der Waals surface area contributed by atoms with Crippen LogP contribution < -0.4 is 10.6 Å². The quantitative estimate of drug-likeness (QED) is 0.574. The number of alkyl halides is 1. The second-order valence-corrected chi connectivity index (χ2v) is 11.3. The van der Waals surface area contributed by atoms with E-state index in [4.69, 9.17) is 21.1 Å². The lowest BCUT2D eigenvalue weighted by atomic mass is 10.0. The molecule has 2 saturated heterocycles. The van der Waals surface area contributed by atoms with Gasteiger partial charge in [-0.1, -0.05) is 11.6 Å². The molecule has 2 aromatic rings. The van der Waals surface area contributed by atoms with Crippen LogP contribution in [0.4, 0.5) is 21.8 Å². The minimum atomic E-state index is -3.59. The maximum atomic E-state index is 13.9. The summed E-state index contributed by atoms with van der Waals surface area (Å²) in [5, 5.41) is 10.7. The third-order valence-electron chi connectivity index (χ3n) is 5.21. The molecule has 4 heterocycles. The number of hydrogen-bond donors (Lipinski definition) is 2. The van der Waals surface area contributed by atoms with Crippen molar-refractivity contribution in [1.82, 2.24) is 19.7 Å². The highest BCUT2D eigenvalue weighted by Gasteiger charge is 2.49. The zero-order chi connectivity index (χ0) is 23.1. The van der Waals surface area contributed by atoms with Gasteiger partial charge in [-0.25, -0.2) is 17.8 Å². The Morgan fingerprint density at radius 1 is 1.28 bits per heavy atom. The Bertz CT molecular complexity index is 1080. The second kappa shape index (κ2) is 8.73. The molecule has 2 aromatic heterocycles. The van der Waals surface area contributed by atoms with E-state index in [-0.39, 0.29) is 30.4 Å². The first-order valence-corrected chi connectivity index (χ1v) is 12.4. The van der Waals surface area contributed by atoms with Crippen molar-refractivity contribution in [2.75, 3.05) is 35.4 Å². The summed E-state index contributed by atoms with van der Waals surface area (Å²) in [6.45, 7) is 3.04. The molecule has 0 aliphatic carbocycles. The van der Waals surface area contributed by atoms with Gasteiger partial charge in [0.1, 0.15) is 16.8 Å². The van der Waals surface area contributed by atoms with Crippen molar-refractivity contribution in [2.24, 2.45) is 13.0 Å². The molecule has 13 heteroatoms. The monoisotopic (exact) mass is 488 g/mol. The zero-order valence-electron chi connectivity index (χ0n) is 18.0. The summed E-state index contributed by atoms with van der Waals surface area (Å²) < 4.78 is 52.0. The van der Waals surface area contributed by atoms with Crippen LogP contribution in [0.5, 0.6) is 0 Å². The number of hydrogen-bond acceptors (Lipinski definition) is 9. The fraction of sp³-hybridized carbons (Fsp3) is 0.632. The van der Waals surface area contributed by atoms with Crippen LogP contribution >= 0.6 is 11.6 Å². The number of nitrogens with one attached hydrogen (secondary N) is 2. The van der Waals surface area contributed by atoms with E-state index >= 15 is 0 Å². The number of anilines is 3. The fourth-order valence-electron chi connectivity index (χ4n) is 4.07. The van der Waals surface area contributed by atoms with Gasteiger partial charge in [0.2, 0.25) is 5.95 Å². The summed E-state index contributed by atoms with van der Waals surface area (Å²) in [6, 6.07) is -0.274. The summed E-state index contributed by atoms with van der Waals surface area (Å²) in [7, 11) is -1.79. The van der Waals surface area contributed by atoms with Crippen LogP contribution in [0.2, 0.25) is 5.02 Å². The molecule has 32 heavy (non-hydrogen) atoms. The number of halogens is 2. The molecule has 2 fully saturated rings. The Hall–Kier alpha value is -2.02. The smallest absolute Gasteiger partial charge is 0.229 e. The van der Waals surface area contributed by atoms with Crippen LogP contribution in [0.3, 0.4) is 0 Å². The Balaban J connectivity index is 1.41. The van der Waals surface area contributed by atoms with Gasteiger partial charge in [-0.2, -0.15) is 10.1 Å². The Morgan fingerprint density at radius 2 is 2.03 bits per heavy atom. The molecule has 2 aliphatic heterocycles. The van der Waals surface area contributed by atoms with Gasteiger partial charge in [0.25, 0.3) is 0 Å². The molecule has 0 amide bonds. The SMILES string of the molecule is Cn1cc(Nc2ncc(Cl)c(N[C@@H]3COC4C3OC[C@@H]4CS(=O)(=O)CC(C)(C)F)n2)cn1. The molecule has 0 saturated carbocycles. The van der Waals surface area contributed by atoms with Gasteiger partial charge < -0.3 is 20.1 Å². The number of nitrogens with zero attached hydrogens (tertiary/aromatic N) is 4. The number of rotatable bonds is 8. The molecular weight excluding hydrogens is 463 g/mol. The zero-order valence-corrected chi connectivity index (χ0v) is 19.5. The lowest BCUT2D eigenvalue weighted by Gasteiger charge is -2.20. The topological polar surface area (TPSA) is 120 Å². The van der Waals surface area contributed by atoms with Crippen LogP contribution in [-0.4, -0.2) is 76.8 Å². The van der Waals surface area contributed by atoms with Crippen LogP contribution in [-0.2, 0) is 26.4 Å². The maximum absolute atomic E-state index is 13.9. The van der Waals surface area contributed by atoms with Gasteiger partial charge in [0.05, 0.1) is 54.9 Å². The van der Waals surface area contributed by atoms with Crippen molar-refractivity contribution in [2.45, 2.75) is 37.8 Å². The number of aryl methyl sites for hydroxylation is 1. The fourth-order valence-corrected chi connectivity index (χ4v) is 6.32. The van der Waals surface area contributed by atoms with E-state index in [0.29, 0.717) is 23.4 Å². The van der Waals surface area contributed by atoms with Crippen LogP contribution in [0.25, 0.3) is 0 Å². The molecule has 176 valence electrons. The third kappa shape index (κ3) is 5.48. The van der Waals surface area contributed by atoms with Crippen molar-refractivity contribution in [3.63, 3.8) is 0 Å². The van der Waals surface area contributed by atoms with Gasteiger partial charge in [-0.05, 0) is 13.8 Å². The summed E-state index contributed by atoms with van der Waals surface area (Å²) >= 11 is 6.27. The van der Waals surface area contributed by atoms with Crippen molar-refractivity contribution >= 4 is 38.9 Å². The van der Waals surface area contributed by atoms with E-state index in [2.05, 4.69) is 25.7 Å². The van der Waals surface area contributed by atoms with E-state index in [9.17, 15) is 12.8 Å². The minimum Gasteiger partial charge on any atom is -0.373 e. The Labute approximate surface area is 190 Å². The maximum Gasteiger partial charge on any atom is 0.229 e. The van der Waals surface area contributed by atoms with Crippen molar-refractivity contribution in [3.05, 3.63) is 23.6 Å². The number of sulfone groups is 1. The van der Waals surface area contributed by atoms with Crippen LogP contribution in [0.15, 0.2) is 18.6 Å². The highest BCUT2D eigenvalue weighted by Crippen LogP contribution is 2.35. The third-order valence-corrected chi connectivity index (χ3v) is 7.55. The molecule has 4 rings (SSSR count). The first-order valence-electron chi connectivity index (χ1n) is 10.2. The van der Waals surface area contributed by atoms with Crippen LogP contribution in [0, 0.1) is 5.92 Å². The summed E-state index contributed by atoms with van der Waals surface area (Å²) in [4.78, 5) is 8.60. The van der Waals surface area contributed by atoms with Gasteiger partial charge in [0.15, 0.2) is 15.7 Å². The molecule has 0 aromatic carbocycles.